The second kappa shape index (κ2) is 10.8. The molecule has 0 aromatic heterocycles. The molecule has 0 amide bonds. The summed E-state index contributed by atoms with van der Waals surface area (Å²) in [5.74, 6) is 1.72. The van der Waals surface area contributed by atoms with E-state index in [4.69, 9.17) is 0 Å². The lowest BCUT2D eigenvalue weighted by atomic mass is 9.86. The molecule has 0 heterocycles. The van der Waals surface area contributed by atoms with Crippen LogP contribution in [0.3, 0.4) is 0 Å². The molecule has 0 radical (unpaired) electrons. The molecule has 0 atom stereocenters. The number of rotatable bonds is 9. The van der Waals surface area contributed by atoms with Crippen molar-refractivity contribution >= 4 is 16.0 Å². The van der Waals surface area contributed by atoms with Crippen molar-refractivity contribution < 1.29 is 8.42 Å². The fourth-order valence-corrected chi connectivity index (χ4v) is 3.36. The van der Waals surface area contributed by atoms with Gasteiger partial charge in [0.1, 0.15) is 0 Å². The normalized spacial score (nSPS) is 17.5. The van der Waals surface area contributed by atoms with Crippen molar-refractivity contribution in [1.82, 2.24) is 15.4 Å². The van der Waals surface area contributed by atoms with E-state index in [0.29, 0.717) is 13.1 Å². The van der Waals surface area contributed by atoms with E-state index in [9.17, 15) is 8.42 Å². The zero-order chi connectivity index (χ0) is 16.3. The summed E-state index contributed by atoms with van der Waals surface area (Å²) >= 11 is 0. The Morgan fingerprint density at radius 3 is 2.27 bits per heavy atom. The minimum atomic E-state index is -3.08. The first-order chi connectivity index (χ1) is 10.5. The van der Waals surface area contributed by atoms with Crippen LogP contribution in [0.5, 0.6) is 0 Å². The summed E-state index contributed by atoms with van der Waals surface area (Å²) in [5, 5.41) is 6.51. The molecular formula is C15H32N4O2S. The summed E-state index contributed by atoms with van der Waals surface area (Å²) in [5.41, 5.74) is 0. The van der Waals surface area contributed by atoms with Gasteiger partial charge in [-0.3, -0.25) is 4.99 Å². The lowest BCUT2D eigenvalue weighted by Crippen LogP contribution is -2.39. The Balaban J connectivity index is 2.02. The molecule has 0 bridgehead atoms. The zero-order valence-electron chi connectivity index (χ0n) is 14.0. The van der Waals surface area contributed by atoms with E-state index in [2.05, 4.69) is 20.3 Å². The van der Waals surface area contributed by atoms with Gasteiger partial charge in [0.2, 0.25) is 10.0 Å². The topological polar surface area (TPSA) is 82.6 Å². The number of hydrogen-bond acceptors (Lipinski definition) is 3. The number of guanidine groups is 1. The van der Waals surface area contributed by atoms with E-state index in [1.54, 1.807) is 7.05 Å². The van der Waals surface area contributed by atoms with Gasteiger partial charge in [-0.15, -0.1) is 0 Å². The number of aliphatic imine (C=N–C) groups is 1. The summed E-state index contributed by atoms with van der Waals surface area (Å²) in [6.45, 7) is 2.09. The summed E-state index contributed by atoms with van der Waals surface area (Å²) in [6.07, 6.45) is 11.4. The van der Waals surface area contributed by atoms with Gasteiger partial charge in [-0.25, -0.2) is 13.1 Å². The highest BCUT2D eigenvalue weighted by atomic mass is 32.2. The van der Waals surface area contributed by atoms with E-state index in [0.717, 1.165) is 24.8 Å². The van der Waals surface area contributed by atoms with E-state index in [1.165, 1.54) is 51.2 Å². The first-order valence-electron chi connectivity index (χ1n) is 8.40. The van der Waals surface area contributed by atoms with Gasteiger partial charge in [0.25, 0.3) is 0 Å². The van der Waals surface area contributed by atoms with Gasteiger partial charge >= 0.3 is 0 Å². The maximum absolute atomic E-state index is 10.9. The van der Waals surface area contributed by atoms with Gasteiger partial charge < -0.3 is 10.6 Å². The molecule has 0 aliphatic heterocycles. The quantitative estimate of drug-likeness (QED) is 0.339. The second-order valence-corrected chi connectivity index (χ2v) is 7.93. The average Bonchev–Trinajstić information content (AvgIpc) is 2.49. The molecule has 1 aliphatic carbocycles. The number of sulfonamides is 1. The molecular weight excluding hydrogens is 300 g/mol. The third kappa shape index (κ3) is 10.00. The third-order valence-electron chi connectivity index (χ3n) is 4.04. The molecule has 3 N–H and O–H groups in total. The van der Waals surface area contributed by atoms with Gasteiger partial charge in [0.05, 0.1) is 6.26 Å². The van der Waals surface area contributed by atoms with Crippen LogP contribution in [0.15, 0.2) is 4.99 Å². The molecule has 1 saturated carbocycles. The molecule has 0 spiro atoms. The SMILES string of the molecule is CN=C(NCCCNS(C)(=O)=O)NCCCC1CCCCC1. The van der Waals surface area contributed by atoms with Gasteiger partial charge in [-0.05, 0) is 25.2 Å². The Labute approximate surface area is 135 Å². The molecule has 0 unspecified atom stereocenters. The van der Waals surface area contributed by atoms with Crippen molar-refractivity contribution in [2.24, 2.45) is 10.9 Å². The number of nitrogens with one attached hydrogen (secondary N) is 3. The second-order valence-electron chi connectivity index (χ2n) is 6.09. The Kier molecular flexibility index (Phi) is 9.47. The maximum atomic E-state index is 10.9. The van der Waals surface area contributed by atoms with Crippen LogP contribution in [0.1, 0.15) is 51.4 Å². The van der Waals surface area contributed by atoms with Crippen molar-refractivity contribution in [3.05, 3.63) is 0 Å². The first-order valence-corrected chi connectivity index (χ1v) is 10.3. The Morgan fingerprint density at radius 2 is 1.68 bits per heavy atom. The Morgan fingerprint density at radius 1 is 1.05 bits per heavy atom. The molecule has 1 fully saturated rings. The molecule has 22 heavy (non-hydrogen) atoms. The molecule has 6 nitrogen and oxygen atoms in total. The lowest BCUT2D eigenvalue weighted by molar-refractivity contribution is 0.332. The molecule has 0 saturated heterocycles. The minimum Gasteiger partial charge on any atom is -0.356 e. The molecule has 1 rings (SSSR count). The fourth-order valence-electron chi connectivity index (χ4n) is 2.85. The minimum absolute atomic E-state index is 0.449. The first kappa shape index (κ1) is 19.2. The zero-order valence-corrected chi connectivity index (χ0v) is 14.8. The van der Waals surface area contributed by atoms with Crippen LogP contribution in [0.2, 0.25) is 0 Å². The number of nitrogens with zero attached hydrogens (tertiary/aromatic N) is 1. The van der Waals surface area contributed by atoms with E-state index in [-0.39, 0.29) is 0 Å². The highest BCUT2D eigenvalue weighted by Crippen LogP contribution is 2.26. The highest BCUT2D eigenvalue weighted by molar-refractivity contribution is 7.88. The monoisotopic (exact) mass is 332 g/mol. The third-order valence-corrected chi connectivity index (χ3v) is 4.77. The molecule has 130 valence electrons. The highest BCUT2D eigenvalue weighted by Gasteiger charge is 2.12. The molecule has 7 heteroatoms. The van der Waals surface area contributed by atoms with Crippen LogP contribution in [-0.2, 0) is 10.0 Å². The Bertz CT molecular complexity index is 417. The predicted molar refractivity (Wildman–Crippen MR) is 92.6 cm³/mol. The summed E-state index contributed by atoms with van der Waals surface area (Å²) in [6, 6.07) is 0. The van der Waals surface area contributed by atoms with Gasteiger partial charge in [0, 0.05) is 26.7 Å². The molecule has 0 aromatic rings. The Hall–Kier alpha value is -0.820. The average molecular weight is 333 g/mol. The number of hydrogen-bond donors (Lipinski definition) is 3. The largest absolute Gasteiger partial charge is 0.356 e. The van der Waals surface area contributed by atoms with Gasteiger partial charge in [-0.2, -0.15) is 0 Å². The fraction of sp³-hybridized carbons (Fsp3) is 0.933. The van der Waals surface area contributed by atoms with Gasteiger partial charge in [0.15, 0.2) is 5.96 Å². The maximum Gasteiger partial charge on any atom is 0.208 e. The summed E-state index contributed by atoms with van der Waals surface area (Å²) in [7, 11) is -1.33. The van der Waals surface area contributed by atoms with Crippen molar-refractivity contribution in [1.29, 1.82) is 0 Å². The van der Waals surface area contributed by atoms with Crippen molar-refractivity contribution in [3.63, 3.8) is 0 Å². The summed E-state index contributed by atoms with van der Waals surface area (Å²) < 4.78 is 24.3. The standard InChI is InChI=1S/C15H32N4O2S/c1-16-15(18-12-7-13-19-22(2,20)21)17-11-6-10-14-8-4-3-5-9-14/h14,19H,3-13H2,1-2H3,(H2,16,17,18). The molecule has 1 aliphatic rings. The molecule has 0 aromatic carbocycles. The lowest BCUT2D eigenvalue weighted by Gasteiger charge is -2.21. The van der Waals surface area contributed by atoms with Crippen LogP contribution in [-0.4, -0.2) is 47.3 Å². The van der Waals surface area contributed by atoms with Crippen molar-refractivity contribution in [2.45, 2.75) is 51.4 Å². The summed E-state index contributed by atoms with van der Waals surface area (Å²) in [4.78, 5) is 4.17. The smallest absolute Gasteiger partial charge is 0.208 e. The van der Waals surface area contributed by atoms with Crippen LogP contribution < -0.4 is 15.4 Å². The van der Waals surface area contributed by atoms with E-state index >= 15 is 0 Å². The van der Waals surface area contributed by atoms with Crippen LogP contribution in [0, 0.1) is 5.92 Å². The van der Waals surface area contributed by atoms with Crippen molar-refractivity contribution in [2.75, 3.05) is 32.9 Å². The van der Waals surface area contributed by atoms with Crippen LogP contribution in [0.4, 0.5) is 0 Å². The van der Waals surface area contributed by atoms with Crippen molar-refractivity contribution in [3.8, 4) is 0 Å². The van der Waals surface area contributed by atoms with E-state index < -0.39 is 10.0 Å². The van der Waals surface area contributed by atoms with Crippen LogP contribution in [0.25, 0.3) is 0 Å². The van der Waals surface area contributed by atoms with Gasteiger partial charge in [-0.1, -0.05) is 32.1 Å². The van der Waals surface area contributed by atoms with E-state index in [1.807, 2.05) is 0 Å². The van der Waals surface area contributed by atoms with Crippen LogP contribution >= 0.6 is 0 Å². The predicted octanol–water partition coefficient (Wildman–Crippen LogP) is 1.45.